The zero-order chi connectivity index (χ0) is 19.7. The van der Waals surface area contributed by atoms with E-state index in [0.29, 0.717) is 17.0 Å². The van der Waals surface area contributed by atoms with Crippen molar-refractivity contribution in [2.45, 2.75) is 25.7 Å². The largest absolute Gasteiger partial charge is 0.496 e. The van der Waals surface area contributed by atoms with Gasteiger partial charge >= 0.3 is 5.97 Å². The SMILES string of the molecule is COc1ccccc1C(=O)Oc1cccc(N2C(=O)[C@H]3CCCC[C@H]3C2=O)c1. The van der Waals surface area contributed by atoms with Gasteiger partial charge in [0.05, 0.1) is 24.6 Å². The molecule has 6 nitrogen and oxygen atoms in total. The number of para-hydroxylation sites is 1. The average Bonchev–Trinajstić information content (AvgIpc) is 2.99. The van der Waals surface area contributed by atoms with Gasteiger partial charge < -0.3 is 9.47 Å². The molecule has 0 unspecified atom stereocenters. The van der Waals surface area contributed by atoms with Crippen LogP contribution in [-0.4, -0.2) is 24.9 Å². The molecule has 1 aliphatic heterocycles. The molecule has 0 aromatic heterocycles. The average molecular weight is 379 g/mol. The van der Waals surface area contributed by atoms with Crippen LogP contribution in [0, 0.1) is 11.8 Å². The molecule has 2 amide bonds. The Morgan fingerprint density at radius 3 is 2.32 bits per heavy atom. The Labute approximate surface area is 163 Å². The number of imide groups is 1. The molecule has 1 aliphatic carbocycles. The first-order valence-electron chi connectivity index (χ1n) is 9.43. The summed E-state index contributed by atoms with van der Waals surface area (Å²) in [7, 11) is 1.48. The van der Waals surface area contributed by atoms with Crippen LogP contribution in [0.4, 0.5) is 5.69 Å². The third-order valence-electron chi connectivity index (χ3n) is 5.45. The maximum atomic E-state index is 12.8. The summed E-state index contributed by atoms with van der Waals surface area (Å²) in [5.41, 5.74) is 0.740. The number of rotatable bonds is 4. The van der Waals surface area contributed by atoms with Gasteiger partial charge in [0.15, 0.2) is 0 Å². The van der Waals surface area contributed by atoms with E-state index in [1.807, 2.05) is 0 Å². The van der Waals surface area contributed by atoms with Crippen LogP contribution >= 0.6 is 0 Å². The van der Waals surface area contributed by atoms with Crippen LogP contribution in [0.1, 0.15) is 36.0 Å². The van der Waals surface area contributed by atoms with Crippen LogP contribution < -0.4 is 14.4 Å². The van der Waals surface area contributed by atoms with E-state index in [9.17, 15) is 14.4 Å². The van der Waals surface area contributed by atoms with Crippen molar-refractivity contribution in [3.63, 3.8) is 0 Å². The number of nitrogens with zero attached hydrogens (tertiary/aromatic N) is 1. The third-order valence-corrected chi connectivity index (χ3v) is 5.45. The van der Waals surface area contributed by atoms with Gasteiger partial charge in [-0.25, -0.2) is 9.69 Å². The number of hydrogen-bond donors (Lipinski definition) is 0. The lowest BCUT2D eigenvalue weighted by Crippen LogP contribution is -2.30. The summed E-state index contributed by atoms with van der Waals surface area (Å²) in [6.07, 6.45) is 3.47. The van der Waals surface area contributed by atoms with Gasteiger partial charge in [0.1, 0.15) is 17.1 Å². The second-order valence-corrected chi connectivity index (χ2v) is 7.10. The molecule has 2 aliphatic rings. The molecule has 1 saturated heterocycles. The number of fused-ring (bicyclic) bond motifs is 1. The molecule has 1 heterocycles. The fourth-order valence-corrected chi connectivity index (χ4v) is 4.08. The van der Waals surface area contributed by atoms with Crippen LogP contribution in [0.3, 0.4) is 0 Å². The molecule has 2 aromatic rings. The maximum absolute atomic E-state index is 12.8. The van der Waals surface area contributed by atoms with Gasteiger partial charge in [-0.1, -0.05) is 31.0 Å². The maximum Gasteiger partial charge on any atom is 0.347 e. The first kappa shape index (κ1) is 18.2. The molecule has 28 heavy (non-hydrogen) atoms. The van der Waals surface area contributed by atoms with E-state index in [4.69, 9.17) is 9.47 Å². The summed E-state index contributed by atoms with van der Waals surface area (Å²) in [6, 6.07) is 13.3. The zero-order valence-electron chi connectivity index (χ0n) is 15.6. The summed E-state index contributed by atoms with van der Waals surface area (Å²) in [5.74, 6) is -0.628. The van der Waals surface area contributed by atoms with E-state index in [1.165, 1.54) is 12.0 Å². The van der Waals surface area contributed by atoms with Gasteiger partial charge in [-0.15, -0.1) is 0 Å². The quantitative estimate of drug-likeness (QED) is 0.461. The Hall–Kier alpha value is -3.15. The predicted octanol–water partition coefficient (Wildman–Crippen LogP) is 3.59. The van der Waals surface area contributed by atoms with Crippen molar-refractivity contribution < 1.29 is 23.9 Å². The topological polar surface area (TPSA) is 72.9 Å². The molecular formula is C22H21NO5. The van der Waals surface area contributed by atoms with Crippen molar-refractivity contribution in [1.82, 2.24) is 0 Å². The summed E-state index contributed by atoms with van der Waals surface area (Å²) in [5, 5.41) is 0. The van der Waals surface area contributed by atoms with Gasteiger partial charge in [-0.3, -0.25) is 9.59 Å². The molecule has 6 heteroatoms. The minimum absolute atomic E-state index is 0.150. The minimum atomic E-state index is -0.567. The van der Waals surface area contributed by atoms with Gasteiger partial charge in [0.2, 0.25) is 11.8 Å². The summed E-state index contributed by atoms with van der Waals surface area (Å²) < 4.78 is 10.7. The summed E-state index contributed by atoms with van der Waals surface area (Å²) in [4.78, 5) is 39.3. The molecule has 0 spiro atoms. The van der Waals surface area contributed by atoms with E-state index in [2.05, 4.69) is 0 Å². The standard InChI is InChI=1S/C22H21NO5/c1-27-19-12-5-4-11-18(19)22(26)28-15-8-6-7-14(13-15)23-20(24)16-9-2-3-10-17(16)21(23)25/h4-8,11-13,16-17H,2-3,9-10H2,1H3/t16-,17+. The van der Waals surface area contributed by atoms with E-state index >= 15 is 0 Å². The number of hydrogen-bond acceptors (Lipinski definition) is 5. The minimum Gasteiger partial charge on any atom is -0.496 e. The molecule has 2 aromatic carbocycles. The second kappa shape index (κ2) is 7.46. The Bertz CT molecular complexity index is 914. The van der Waals surface area contributed by atoms with Crippen molar-refractivity contribution in [3.05, 3.63) is 54.1 Å². The molecule has 2 atom stereocenters. The second-order valence-electron chi connectivity index (χ2n) is 7.10. The third kappa shape index (κ3) is 3.15. The van der Waals surface area contributed by atoms with Crippen LogP contribution in [0.5, 0.6) is 11.5 Å². The molecule has 0 radical (unpaired) electrons. The van der Waals surface area contributed by atoms with E-state index in [0.717, 1.165) is 25.7 Å². The van der Waals surface area contributed by atoms with Gasteiger partial charge in [-0.05, 0) is 37.1 Å². The number of anilines is 1. The van der Waals surface area contributed by atoms with Gasteiger partial charge in [0, 0.05) is 6.07 Å². The van der Waals surface area contributed by atoms with Crippen molar-refractivity contribution in [2.75, 3.05) is 12.0 Å². The highest BCUT2D eigenvalue weighted by atomic mass is 16.5. The summed E-state index contributed by atoms with van der Waals surface area (Å²) >= 11 is 0. The smallest absolute Gasteiger partial charge is 0.347 e. The molecule has 0 N–H and O–H groups in total. The van der Waals surface area contributed by atoms with E-state index in [-0.39, 0.29) is 29.4 Å². The highest BCUT2D eigenvalue weighted by Gasteiger charge is 2.48. The predicted molar refractivity (Wildman–Crippen MR) is 102 cm³/mol. The number of amides is 2. The van der Waals surface area contributed by atoms with Crippen molar-refractivity contribution in [2.24, 2.45) is 11.8 Å². The number of benzene rings is 2. The van der Waals surface area contributed by atoms with Crippen molar-refractivity contribution in [1.29, 1.82) is 0 Å². The van der Waals surface area contributed by atoms with Crippen LogP contribution in [0.15, 0.2) is 48.5 Å². The molecule has 4 rings (SSSR count). The number of esters is 1. The van der Waals surface area contributed by atoms with Crippen molar-refractivity contribution >= 4 is 23.5 Å². The number of carbonyl (C=O) groups is 3. The van der Waals surface area contributed by atoms with Crippen LogP contribution in [0.2, 0.25) is 0 Å². The Morgan fingerprint density at radius 1 is 0.964 bits per heavy atom. The molecule has 1 saturated carbocycles. The summed E-state index contributed by atoms with van der Waals surface area (Å²) in [6.45, 7) is 0. The Kier molecular flexibility index (Phi) is 4.86. The number of ether oxygens (including phenoxy) is 2. The first-order valence-corrected chi connectivity index (χ1v) is 9.43. The highest BCUT2D eigenvalue weighted by Crippen LogP contribution is 2.40. The first-order chi connectivity index (χ1) is 13.6. The van der Waals surface area contributed by atoms with Gasteiger partial charge in [-0.2, -0.15) is 0 Å². The number of carbonyl (C=O) groups excluding carboxylic acids is 3. The van der Waals surface area contributed by atoms with Gasteiger partial charge in [0.25, 0.3) is 0 Å². The molecule has 2 fully saturated rings. The molecular weight excluding hydrogens is 358 g/mol. The van der Waals surface area contributed by atoms with Crippen LogP contribution in [-0.2, 0) is 9.59 Å². The highest BCUT2D eigenvalue weighted by molar-refractivity contribution is 6.22. The number of methoxy groups -OCH3 is 1. The molecule has 0 bridgehead atoms. The van der Waals surface area contributed by atoms with E-state index < -0.39 is 5.97 Å². The lowest BCUT2D eigenvalue weighted by Gasteiger charge is -2.19. The Balaban J connectivity index is 1.57. The molecule has 144 valence electrons. The normalized spacial score (nSPS) is 21.4. The lowest BCUT2D eigenvalue weighted by atomic mass is 9.81. The van der Waals surface area contributed by atoms with Crippen molar-refractivity contribution in [3.8, 4) is 11.5 Å². The monoisotopic (exact) mass is 379 g/mol. The van der Waals surface area contributed by atoms with Crippen LogP contribution in [0.25, 0.3) is 0 Å². The Morgan fingerprint density at radius 2 is 1.64 bits per heavy atom. The van der Waals surface area contributed by atoms with E-state index in [1.54, 1.807) is 48.5 Å². The fourth-order valence-electron chi connectivity index (χ4n) is 4.08. The lowest BCUT2D eigenvalue weighted by molar-refractivity contribution is -0.122. The zero-order valence-corrected chi connectivity index (χ0v) is 15.6. The fraction of sp³-hybridized carbons (Fsp3) is 0.318.